The molecule has 1 aliphatic heterocycles. The fourth-order valence-electron chi connectivity index (χ4n) is 2.40. The lowest BCUT2D eigenvalue weighted by Crippen LogP contribution is -2.32. The topological polar surface area (TPSA) is 124 Å². The van der Waals surface area contributed by atoms with E-state index in [1.54, 1.807) is 6.92 Å². The van der Waals surface area contributed by atoms with Crippen LogP contribution in [0.2, 0.25) is 0 Å². The Hall–Kier alpha value is -2.64. The summed E-state index contributed by atoms with van der Waals surface area (Å²) in [4.78, 5) is 24.1. The van der Waals surface area contributed by atoms with Gasteiger partial charge in [0.1, 0.15) is 29.3 Å². The molecule has 7 heteroatoms. The Balaban J connectivity index is 2.43. The molecule has 0 radical (unpaired) electrons. The first-order valence-corrected chi connectivity index (χ1v) is 7.79. The molecule has 0 saturated heterocycles. The largest absolute Gasteiger partial charge is 0.508 e. The first kappa shape index (κ1) is 18.7. The molecule has 1 aromatic rings. The van der Waals surface area contributed by atoms with Crippen LogP contribution in [0.3, 0.4) is 0 Å². The van der Waals surface area contributed by atoms with Gasteiger partial charge in [0, 0.05) is 12.5 Å². The van der Waals surface area contributed by atoms with Crippen LogP contribution in [0.15, 0.2) is 30.4 Å². The Bertz CT molecular complexity index is 720. The van der Waals surface area contributed by atoms with Crippen LogP contribution >= 0.6 is 0 Å². The van der Waals surface area contributed by atoms with Crippen molar-refractivity contribution in [2.24, 2.45) is 0 Å². The van der Waals surface area contributed by atoms with Crippen molar-refractivity contribution in [3.8, 4) is 11.5 Å². The number of carbonyl (C=O) groups excluding carboxylic acids is 2. The van der Waals surface area contributed by atoms with E-state index >= 15 is 0 Å². The van der Waals surface area contributed by atoms with Gasteiger partial charge in [0.2, 0.25) is 0 Å². The molecule has 3 atom stereocenters. The summed E-state index contributed by atoms with van der Waals surface area (Å²) >= 11 is 0. The van der Waals surface area contributed by atoms with Gasteiger partial charge in [-0.3, -0.25) is 4.79 Å². The molecule has 25 heavy (non-hydrogen) atoms. The summed E-state index contributed by atoms with van der Waals surface area (Å²) < 4.78 is 5.24. The third-order valence-electron chi connectivity index (χ3n) is 3.73. The zero-order valence-corrected chi connectivity index (χ0v) is 13.6. The number of cyclic esters (lactones) is 1. The second kappa shape index (κ2) is 7.96. The third kappa shape index (κ3) is 4.68. The molecule has 0 aliphatic carbocycles. The molecule has 4 N–H and O–H groups in total. The van der Waals surface area contributed by atoms with Crippen LogP contribution in [0.1, 0.15) is 35.7 Å². The standard InChI is InChI=1S/C18H20O7/c1-10-4-2-6-13(20)17(23)14(21)7-3-5-11-8-12(19)9-15(22)16(11)18(24)25-10/h2-3,5-6,8-10,14,17,19,21-23H,4,7H2,1H3/b5-3+,6-2-/t10?,14?,17-/m1/s1. The van der Waals surface area contributed by atoms with Crippen LogP contribution < -0.4 is 0 Å². The number of phenolic OH excluding ortho intramolecular Hbond substituents is 2. The van der Waals surface area contributed by atoms with Crippen LogP contribution in [-0.4, -0.2) is 50.5 Å². The molecule has 2 unspecified atom stereocenters. The SMILES string of the molecule is CC1C/C=C\C(=O)[C@@H](O)C(O)C/C=C/c2cc(O)cc(O)c2C(=O)O1. The second-order valence-corrected chi connectivity index (χ2v) is 5.84. The number of rotatable bonds is 0. The number of fused-ring (bicyclic) bond motifs is 1. The molecule has 1 aliphatic rings. The average Bonchev–Trinajstić information content (AvgIpc) is 2.52. The molecule has 0 amide bonds. The van der Waals surface area contributed by atoms with Gasteiger partial charge in [-0.1, -0.05) is 18.2 Å². The number of ketones is 1. The van der Waals surface area contributed by atoms with E-state index in [1.165, 1.54) is 24.3 Å². The van der Waals surface area contributed by atoms with E-state index in [2.05, 4.69) is 0 Å². The number of phenols is 2. The maximum absolute atomic E-state index is 12.3. The zero-order chi connectivity index (χ0) is 18.6. The Morgan fingerprint density at radius 2 is 1.72 bits per heavy atom. The molecule has 1 heterocycles. The summed E-state index contributed by atoms with van der Waals surface area (Å²) in [7, 11) is 0. The molecule has 0 aromatic heterocycles. The number of hydrogen-bond donors (Lipinski definition) is 4. The molecular formula is C18H20O7. The third-order valence-corrected chi connectivity index (χ3v) is 3.73. The van der Waals surface area contributed by atoms with Gasteiger partial charge >= 0.3 is 5.97 Å². The van der Waals surface area contributed by atoms with E-state index in [0.717, 1.165) is 12.1 Å². The lowest BCUT2D eigenvalue weighted by Gasteiger charge is -2.16. The van der Waals surface area contributed by atoms with Gasteiger partial charge in [-0.2, -0.15) is 0 Å². The number of aromatic hydroxyl groups is 2. The fraction of sp³-hybridized carbons (Fsp3) is 0.333. The second-order valence-electron chi connectivity index (χ2n) is 5.84. The van der Waals surface area contributed by atoms with Gasteiger partial charge in [0.25, 0.3) is 0 Å². The molecule has 134 valence electrons. The van der Waals surface area contributed by atoms with E-state index in [9.17, 15) is 30.0 Å². The summed E-state index contributed by atoms with van der Waals surface area (Å²) in [5.41, 5.74) is 0.0726. The Morgan fingerprint density at radius 1 is 1.04 bits per heavy atom. The van der Waals surface area contributed by atoms with Crippen LogP contribution in [0.5, 0.6) is 11.5 Å². The lowest BCUT2D eigenvalue weighted by atomic mass is 10.0. The van der Waals surface area contributed by atoms with Crippen molar-refractivity contribution in [1.82, 2.24) is 0 Å². The first-order chi connectivity index (χ1) is 11.8. The fourth-order valence-corrected chi connectivity index (χ4v) is 2.40. The van der Waals surface area contributed by atoms with Crippen molar-refractivity contribution >= 4 is 17.8 Å². The van der Waals surface area contributed by atoms with E-state index < -0.39 is 35.8 Å². The minimum Gasteiger partial charge on any atom is -0.508 e. The molecule has 0 fully saturated rings. The molecule has 1 aromatic carbocycles. The number of benzene rings is 1. The highest BCUT2D eigenvalue weighted by atomic mass is 16.5. The Morgan fingerprint density at radius 3 is 2.44 bits per heavy atom. The smallest absolute Gasteiger partial charge is 0.342 e. The van der Waals surface area contributed by atoms with Gasteiger partial charge in [-0.15, -0.1) is 0 Å². The van der Waals surface area contributed by atoms with Crippen LogP contribution in [0.25, 0.3) is 6.08 Å². The summed E-state index contributed by atoms with van der Waals surface area (Å²) in [5, 5.41) is 39.3. The first-order valence-electron chi connectivity index (χ1n) is 7.79. The number of ether oxygens (including phenoxy) is 1. The number of hydrogen-bond acceptors (Lipinski definition) is 7. The van der Waals surface area contributed by atoms with Crippen LogP contribution in [-0.2, 0) is 9.53 Å². The maximum atomic E-state index is 12.3. The van der Waals surface area contributed by atoms with Gasteiger partial charge in [-0.05, 0) is 31.1 Å². The van der Waals surface area contributed by atoms with Gasteiger partial charge < -0.3 is 25.2 Å². The normalized spacial score (nSPS) is 27.7. The molecule has 0 spiro atoms. The number of aliphatic hydroxyl groups excluding tert-OH is 2. The summed E-state index contributed by atoms with van der Waals surface area (Å²) in [6.07, 6.45) is 2.05. The zero-order valence-electron chi connectivity index (χ0n) is 13.6. The highest BCUT2D eigenvalue weighted by molar-refractivity contribution is 5.97. The van der Waals surface area contributed by atoms with Gasteiger partial charge in [0.05, 0.1) is 6.10 Å². The summed E-state index contributed by atoms with van der Waals surface area (Å²) in [6, 6.07) is 2.29. The van der Waals surface area contributed by atoms with Crippen LogP contribution in [0.4, 0.5) is 0 Å². The van der Waals surface area contributed by atoms with Gasteiger partial charge in [-0.25, -0.2) is 4.79 Å². The quantitative estimate of drug-likeness (QED) is 0.521. The van der Waals surface area contributed by atoms with Crippen molar-refractivity contribution in [1.29, 1.82) is 0 Å². The van der Waals surface area contributed by atoms with Crippen molar-refractivity contribution in [3.05, 3.63) is 41.5 Å². The summed E-state index contributed by atoms with van der Waals surface area (Å²) in [6.45, 7) is 1.61. The minimum atomic E-state index is -1.57. The number of aliphatic hydroxyl groups is 2. The molecule has 7 nitrogen and oxygen atoms in total. The van der Waals surface area contributed by atoms with Crippen molar-refractivity contribution in [2.45, 2.75) is 38.1 Å². The monoisotopic (exact) mass is 348 g/mol. The molecule has 0 saturated carbocycles. The Kier molecular flexibility index (Phi) is 5.95. The van der Waals surface area contributed by atoms with Gasteiger partial charge in [0.15, 0.2) is 5.78 Å². The highest BCUT2D eigenvalue weighted by Crippen LogP contribution is 2.29. The van der Waals surface area contributed by atoms with Crippen molar-refractivity contribution in [2.75, 3.05) is 0 Å². The maximum Gasteiger partial charge on any atom is 0.342 e. The predicted molar refractivity (Wildman–Crippen MR) is 89.1 cm³/mol. The average molecular weight is 348 g/mol. The number of carbonyl (C=O) groups is 2. The lowest BCUT2D eigenvalue weighted by molar-refractivity contribution is -0.127. The molecular weight excluding hydrogens is 328 g/mol. The van der Waals surface area contributed by atoms with Crippen LogP contribution in [0, 0.1) is 0 Å². The highest BCUT2D eigenvalue weighted by Gasteiger charge is 2.23. The van der Waals surface area contributed by atoms with E-state index in [4.69, 9.17) is 4.74 Å². The van der Waals surface area contributed by atoms with Crippen molar-refractivity contribution < 1.29 is 34.8 Å². The van der Waals surface area contributed by atoms with Crippen molar-refractivity contribution in [3.63, 3.8) is 0 Å². The molecule has 2 rings (SSSR count). The molecule has 0 bridgehead atoms. The summed E-state index contributed by atoms with van der Waals surface area (Å²) in [5.74, 6) is -2.11. The van der Waals surface area contributed by atoms with E-state index in [-0.39, 0.29) is 29.7 Å². The number of esters is 1. The minimum absolute atomic E-state index is 0.0674. The Labute approximate surface area is 144 Å². The predicted octanol–water partition coefficient (Wildman–Crippen LogP) is 1.30. The van der Waals surface area contributed by atoms with E-state index in [1.807, 2.05) is 0 Å². The van der Waals surface area contributed by atoms with E-state index in [0.29, 0.717) is 0 Å².